The highest BCUT2D eigenvalue weighted by atomic mass is 15.3. The summed E-state index contributed by atoms with van der Waals surface area (Å²) < 4.78 is 0. The van der Waals surface area contributed by atoms with Crippen molar-refractivity contribution in [3.63, 3.8) is 0 Å². The Morgan fingerprint density at radius 3 is 2.79 bits per heavy atom. The van der Waals surface area contributed by atoms with E-state index in [-0.39, 0.29) is 0 Å². The minimum absolute atomic E-state index is 0.561. The molecule has 0 bridgehead atoms. The van der Waals surface area contributed by atoms with E-state index >= 15 is 0 Å². The Bertz CT molecular complexity index is 792. The van der Waals surface area contributed by atoms with Crippen molar-refractivity contribution >= 4 is 10.9 Å². The number of H-pyrrole nitrogens is 3. The Labute approximate surface area is 107 Å². The second kappa shape index (κ2) is 3.77. The SMILES string of the molecule is c1ccc2[nH]c(-c3n[nH]c(-c4ncn[nH]4)n3)cc2c1. The standard InChI is InChI=1S/C12H9N7/c1-2-4-8-7(3-1)5-9(15-8)10-16-12(19-18-10)11-13-6-14-17-11/h1-6,15H,(H,13,14,17)(H,16,18,19). The first-order chi connectivity index (χ1) is 9.40. The Kier molecular flexibility index (Phi) is 1.99. The van der Waals surface area contributed by atoms with Crippen LogP contribution in [0.25, 0.3) is 34.1 Å². The third kappa shape index (κ3) is 1.60. The molecule has 0 unspecified atom stereocenters. The molecule has 0 atom stereocenters. The van der Waals surface area contributed by atoms with Gasteiger partial charge in [-0.15, -0.1) is 0 Å². The summed E-state index contributed by atoms with van der Waals surface area (Å²) in [6.07, 6.45) is 1.43. The van der Waals surface area contributed by atoms with Crippen molar-refractivity contribution in [1.82, 2.24) is 35.3 Å². The number of benzene rings is 1. The fraction of sp³-hybridized carbons (Fsp3) is 0. The molecule has 0 radical (unpaired) electrons. The van der Waals surface area contributed by atoms with Crippen LogP contribution in [0.15, 0.2) is 36.7 Å². The first kappa shape index (κ1) is 10.0. The number of nitrogens with one attached hydrogen (secondary N) is 3. The molecule has 19 heavy (non-hydrogen) atoms. The van der Waals surface area contributed by atoms with Gasteiger partial charge in [0.25, 0.3) is 0 Å². The zero-order valence-electron chi connectivity index (χ0n) is 9.75. The predicted octanol–water partition coefficient (Wildman–Crippen LogP) is 1.74. The van der Waals surface area contributed by atoms with Crippen molar-refractivity contribution in [2.45, 2.75) is 0 Å². The predicted molar refractivity (Wildman–Crippen MR) is 69.1 cm³/mol. The van der Waals surface area contributed by atoms with E-state index in [4.69, 9.17) is 0 Å². The van der Waals surface area contributed by atoms with Crippen LogP contribution in [0.2, 0.25) is 0 Å². The van der Waals surface area contributed by atoms with Gasteiger partial charge in [0.05, 0.1) is 5.69 Å². The highest BCUT2D eigenvalue weighted by molar-refractivity contribution is 5.84. The number of hydrogen-bond donors (Lipinski definition) is 3. The summed E-state index contributed by atoms with van der Waals surface area (Å²) >= 11 is 0. The molecular weight excluding hydrogens is 242 g/mol. The van der Waals surface area contributed by atoms with E-state index in [9.17, 15) is 0 Å². The fourth-order valence-corrected chi connectivity index (χ4v) is 2.00. The maximum Gasteiger partial charge on any atom is 0.198 e. The molecule has 0 spiro atoms. The Balaban J connectivity index is 1.80. The third-order valence-electron chi connectivity index (χ3n) is 2.90. The molecule has 0 fully saturated rings. The molecule has 3 heterocycles. The van der Waals surface area contributed by atoms with Crippen LogP contribution in [0, 0.1) is 0 Å². The van der Waals surface area contributed by atoms with Crippen LogP contribution in [0.3, 0.4) is 0 Å². The largest absolute Gasteiger partial charge is 0.352 e. The van der Waals surface area contributed by atoms with Gasteiger partial charge in [0, 0.05) is 10.9 Å². The molecule has 0 aliphatic carbocycles. The van der Waals surface area contributed by atoms with Gasteiger partial charge in [-0.05, 0) is 12.1 Å². The van der Waals surface area contributed by atoms with Gasteiger partial charge in [-0.2, -0.15) is 10.2 Å². The molecule has 4 rings (SSSR count). The van der Waals surface area contributed by atoms with Gasteiger partial charge < -0.3 is 4.98 Å². The molecule has 3 aromatic heterocycles. The number of aromatic amines is 3. The molecule has 0 amide bonds. The molecule has 0 saturated heterocycles. The molecule has 3 N–H and O–H groups in total. The van der Waals surface area contributed by atoms with Crippen molar-refractivity contribution in [2.24, 2.45) is 0 Å². The fourth-order valence-electron chi connectivity index (χ4n) is 2.00. The van der Waals surface area contributed by atoms with Crippen LogP contribution in [-0.4, -0.2) is 35.3 Å². The van der Waals surface area contributed by atoms with E-state index in [1.54, 1.807) is 0 Å². The summed E-state index contributed by atoms with van der Waals surface area (Å²) in [4.78, 5) is 11.7. The van der Waals surface area contributed by atoms with Gasteiger partial charge >= 0.3 is 0 Å². The van der Waals surface area contributed by atoms with Gasteiger partial charge in [-0.25, -0.2) is 9.97 Å². The zero-order chi connectivity index (χ0) is 12.7. The number of nitrogens with zero attached hydrogens (tertiary/aromatic N) is 4. The lowest BCUT2D eigenvalue weighted by atomic mass is 10.2. The topological polar surface area (TPSA) is 98.9 Å². The molecule has 7 nitrogen and oxygen atoms in total. The summed E-state index contributed by atoms with van der Waals surface area (Å²) in [6, 6.07) is 10.1. The van der Waals surface area contributed by atoms with E-state index in [1.165, 1.54) is 6.33 Å². The van der Waals surface area contributed by atoms with E-state index < -0.39 is 0 Å². The van der Waals surface area contributed by atoms with Crippen molar-refractivity contribution in [3.05, 3.63) is 36.7 Å². The highest BCUT2D eigenvalue weighted by Crippen LogP contribution is 2.22. The van der Waals surface area contributed by atoms with Crippen molar-refractivity contribution in [3.8, 4) is 23.2 Å². The number of para-hydroxylation sites is 1. The first-order valence-electron chi connectivity index (χ1n) is 5.76. The van der Waals surface area contributed by atoms with Gasteiger partial charge in [0.15, 0.2) is 17.5 Å². The van der Waals surface area contributed by atoms with Gasteiger partial charge in [0.1, 0.15) is 6.33 Å². The average molecular weight is 251 g/mol. The number of fused-ring (bicyclic) bond motifs is 1. The summed E-state index contributed by atoms with van der Waals surface area (Å²) in [6.45, 7) is 0. The number of rotatable bonds is 2. The summed E-state index contributed by atoms with van der Waals surface area (Å²) in [5, 5.41) is 14.7. The van der Waals surface area contributed by atoms with E-state index in [2.05, 4.69) is 35.3 Å². The molecule has 92 valence electrons. The highest BCUT2D eigenvalue weighted by Gasteiger charge is 2.11. The lowest BCUT2D eigenvalue weighted by Crippen LogP contribution is -1.83. The monoisotopic (exact) mass is 251 g/mol. The minimum Gasteiger partial charge on any atom is -0.352 e. The number of aromatic nitrogens is 7. The summed E-state index contributed by atoms with van der Waals surface area (Å²) in [7, 11) is 0. The zero-order valence-corrected chi connectivity index (χ0v) is 9.75. The summed E-state index contributed by atoms with van der Waals surface area (Å²) in [5.41, 5.74) is 1.92. The van der Waals surface area contributed by atoms with Crippen molar-refractivity contribution < 1.29 is 0 Å². The van der Waals surface area contributed by atoms with Crippen molar-refractivity contribution in [2.75, 3.05) is 0 Å². The van der Waals surface area contributed by atoms with Crippen LogP contribution in [-0.2, 0) is 0 Å². The minimum atomic E-state index is 0.561. The van der Waals surface area contributed by atoms with Crippen LogP contribution >= 0.6 is 0 Å². The van der Waals surface area contributed by atoms with E-state index in [0.29, 0.717) is 17.5 Å². The second-order valence-electron chi connectivity index (χ2n) is 4.11. The Morgan fingerprint density at radius 2 is 1.95 bits per heavy atom. The average Bonchev–Trinajstić information content (AvgIpc) is 3.17. The smallest absolute Gasteiger partial charge is 0.198 e. The van der Waals surface area contributed by atoms with Gasteiger partial charge in [0.2, 0.25) is 0 Å². The summed E-state index contributed by atoms with van der Waals surface area (Å²) in [5.74, 6) is 1.73. The molecular formula is C12H9N7. The van der Waals surface area contributed by atoms with E-state index in [0.717, 1.165) is 16.6 Å². The first-order valence-corrected chi connectivity index (χ1v) is 5.76. The van der Waals surface area contributed by atoms with E-state index in [1.807, 2.05) is 30.3 Å². The molecule has 0 saturated carbocycles. The lowest BCUT2D eigenvalue weighted by Gasteiger charge is -1.87. The third-order valence-corrected chi connectivity index (χ3v) is 2.90. The second-order valence-corrected chi connectivity index (χ2v) is 4.11. The maximum absolute atomic E-state index is 4.39. The van der Waals surface area contributed by atoms with Crippen LogP contribution < -0.4 is 0 Å². The van der Waals surface area contributed by atoms with Crippen LogP contribution in [0.4, 0.5) is 0 Å². The van der Waals surface area contributed by atoms with Crippen LogP contribution in [0.5, 0.6) is 0 Å². The maximum atomic E-state index is 4.39. The molecule has 1 aromatic carbocycles. The Morgan fingerprint density at radius 1 is 1.00 bits per heavy atom. The number of hydrogen-bond acceptors (Lipinski definition) is 4. The quantitative estimate of drug-likeness (QED) is 0.505. The molecule has 7 heteroatoms. The van der Waals surface area contributed by atoms with Crippen LogP contribution in [0.1, 0.15) is 0 Å². The van der Waals surface area contributed by atoms with Gasteiger partial charge in [-0.1, -0.05) is 18.2 Å². The van der Waals surface area contributed by atoms with Gasteiger partial charge in [-0.3, -0.25) is 10.2 Å². The molecule has 0 aliphatic rings. The Hall–Kier alpha value is -2.96. The van der Waals surface area contributed by atoms with Crippen molar-refractivity contribution in [1.29, 1.82) is 0 Å². The normalized spacial score (nSPS) is 11.2. The lowest BCUT2D eigenvalue weighted by molar-refractivity contribution is 1.05. The molecule has 0 aliphatic heterocycles. The molecule has 4 aromatic rings.